The zero-order chi connectivity index (χ0) is 7.98. The van der Waals surface area contributed by atoms with Crippen LogP contribution >= 0.6 is 0 Å². The molecule has 3 heteroatoms. The van der Waals surface area contributed by atoms with Crippen molar-refractivity contribution in [2.24, 2.45) is 5.73 Å². The SMILES string of the molecule is C#CCNC(=O)C(N)CC. The molecular formula is C7H12N2O. The summed E-state index contributed by atoms with van der Waals surface area (Å²) in [5.74, 6) is 2.11. The van der Waals surface area contributed by atoms with Gasteiger partial charge in [-0.3, -0.25) is 4.79 Å². The second-order valence-corrected chi connectivity index (χ2v) is 1.94. The lowest BCUT2D eigenvalue weighted by atomic mass is 10.2. The van der Waals surface area contributed by atoms with Crippen LogP contribution in [0.3, 0.4) is 0 Å². The van der Waals surface area contributed by atoms with Crippen molar-refractivity contribution in [2.45, 2.75) is 19.4 Å². The van der Waals surface area contributed by atoms with Gasteiger partial charge in [0.05, 0.1) is 12.6 Å². The summed E-state index contributed by atoms with van der Waals surface area (Å²) in [6.07, 6.45) is 5.55. The van der Waals surface area contributed by atoms with Crippen molar-refractivity contribution in [3.63, 3.8) is 0 Å². The Labute approximate surface area is 61.0 Å². The van der Waals surface area contributed by atoms with Gasteiger partial charge >= 0.3 is 0 Å². The predicted molar refractivity (Wildman–Crippen MR) is 40.1 cm³/mol. The van der Waals surface area contributed by atoms with Crippen molar-refractivity contribution < 1.29 is 4.79 Å². The number of carbonyl (C=O) groups excluding carboxylic acids is 1. The number of amides is 1. The van der Waals surface area contributed by atoms with Gasteiger partial charge in [-0.15, -0.1) is 6.42 Å². The van der Waals surface area contributed by atoms with Gasteiger partial charge in [0.25, 0.3) is 0 Å². The number of rotatable bonds is 3. The van der Waals surface area contributed by atoms with Crippen molar-refractivity contribution in [1.82, 2.24) is 5.32 Å². The first kappa shape index (κ1) is 8.99. The number of nitrogens with two attached hydrogens (primary N) is 1. The van der Waals surface area contributed by atoms with Gasteiger partial charge in [0.1, 0.15) is 0 Å². The van der Waals surface area contributed by atoms with E-state index in [2.05, 4.69) is 11.2 Å². The normalized spacial score (nSPS) is 11.7. The maximum atomic E-state index is 10.8. The monoisotopic (exact) mass is 140 g/mol. The van der Waals surface area contributed by atoms with Crippen molar-refractivity contribution in [1.29, 1.82) is 0 Å². The quantitative estimate of drug-likeness (QED) is 0.518. The van der Waals surface area contributed by atoms with E-state index in [-0.39, 0.29) is 12.5 Å². The van der Waals surface area contributed by atoms with E-state index in [0.29, 0.717) is 6.42 Å². The minimum atomic E-state index is -0.423. The molecule has 0 bridgehead atoms. The smallest absolute Gasteiger partial charge is 0.237 e. The highest BCUT2D eigenvalue weighted by molar-refractivity contribution is 5.81. The fourth-order valence-corrected chi connectivity index (χ4v) is 0.455. The maximum absolute atomic E-state index is 10.8. The standard InChI is InChI=1S/C7H12N2O/c1-3-5-9-7(10)6(8)4-2/h1,6H,4-5,8H2,2H3,(H,9,10). The third-order valence-corrected chi connectivity index (χ3v) is 1.14. The van der Waals surface area contributed by atoms with Crippen LogP contribution in [0, 0.1) is 12.3 Å². The molecular weight excluding hydrogens is 128 g/mol. The Morgan fingerprint density at radius 2 is 2.50 bits per heavy atom. The Hall–Kier alpha value is -1.01. The number of terminal acetylenes is 1. The average Bonchev–Trinajstić information content (AvgIpc) is 1.98. The Morgan fingerprint density at radius 3 is 2.90 bits per heavy atom. The van der Waals surface area contributed by atoms with Crippen LogP contribution in [0.4, 0.5) is 0 Å². The molecule has 0 spiro atoms. The van der Waals surface area contributed by atoms with E-state index in [1.807, 2.05) is 6.92 Å². The predicted octanol–water partition coefficient (Wildman–Crippen LogP) is -0.527. The number of hydrogen-bond donors (Lipinski definition) is 2. The Balaban J connectivity index is 3.54. The molecule has 3 N–H and O–H groups in total. The summed E-state index contributed by atoms with van der Waals surface area (Å²) in [4.78, 5) is 10.8. The van der Waals surface area contributed by atoms with Crippen LogP contribution in [-0.4, -0.2) is 18.5 Å². The first-order valence-corrected chi connectivity index (χ1v) is 3.19. The van der Waals surface area contributed by atoms with Gasteiger partial charge in [-0.2, -0.15) is 0 Å². The largest absolute Gasteiger partial charge is 0.344 e. The molecule has 0 rings (SSSR count). The molecule has 0 saturated carbocycles. The van der Waals surface area contributed by atoms with Crippen LogP contribution in [0.1, 0.15) is 13.3 Å². The van der Waals surface area contributed by atoms with E-state index in [4.69, 9.17) is 12.2 Å². The third kappa shape index (κ3) is 3.10. The van der Waals surface area contributed by atoms with Gasteiger partial charge < -0.3 is 11.1 Å². The maximum Gasteiger partial charge on any atom is 0.237 e. The zero-order valence-electron chi connectivity index (χ0n) is 6.05. The lowest BCUT2D eigenvalue weighted by Crippen LogP contribution is -2.40. The van der Waals surface area contributed by atoms with Gasteiger partial charge in [-0.1, -0.05) is 12.8 Å². The van der Waals surface area contributed by atoms with Crippen LogP contribution in [0.25, 0.3) is 0 Å². The number of nitrogens with one attached hydrogen (secondary N) is 1. The van der Waals surface area contributed by atoms with E-state index in [9.17, 15) is 4.79 Å². The lowest BCUT2D eigenvalue weighted by molar-refractivity contribution is -0.122. The molecule has 0 saturated heterocycles. The van der Waals surface area contributed by atoms with Crippen molar-refractivity contribution in [2.75, 3.05) is 6.54 Å². The molecule has 0 aliphatic carbocycles. The highest BCUT2D eigenvalue weighted by atomic mass is 16.2. The topological polar surface area (TPSA) is 55.1 Å². The van der Waals surface area contributed by atoms with E-state index >= 15 is 0 Å². The molecule has 0 aliphatic rings. The second kappa shape index (κ2) is 4.83. The molecule has 0 aromatic heterocycles. The van der Waals surface area contributed by atoms with Gasteiger partial charge in [-0.05, 0) is 6.42 Å². The Bertz CT molecular complexity index is 148. The van der Waals surface area contributed by atoms with E-state index < -0.39 is 6.04 Å². The molecule has 1 atom stereocenters. The highest BCUT2D eigenvalue weighted by Gasteiger charge is 2.07. The molecule has 0 radical (unpaired) electrons. The fourth-order valence-electron chi connectivity index (χ4n) is 0.455. The van der Waals surface area contributed by atoms with E-state index in [0.717, 1.165) is 0 Å². The van der Waals surface area contributed by atoms with Gasteiger partial charge in [0.15, 0.2) is 0 Å². The van der Waals surface area contributed by atoms with Crippen LogP contribution in [0.5, 0.6) is 0 Å². The average molecular weight is 140 g/mol. The molecule has 1 amide bonds. The second-order valence-electron chi connectivity index (χ2n) is 1.94. The minimum absolute atomic E-state index is 0.180. The van der Waals surface area contributed by atoms with Crippen LogP contribution in [-0.2, 0) is 4.79 Å². The summed E-state index contributed by atoms with van der Waals surface area (Å²) in [5, 5.41) is 2.48. The number of carbonyl (C=O) groups is 1. The first-order chi connectivity index (χ1) is 4.72. The van der Waals surface area contributed by atoms with Gasteiger partial charge in [0.2, 0.25) is 5.91 Å². The van der Waals surface area contributed by atoms with Crippen LogP contribution in [0.15, 0.2) is 0 Å². The molecule has 0 heterocycles. The molecule has 0 fully saturated rings. The summed E-state index contributed by atoms with van der Waals surface area (Å²) >= 11 is 0. The van der Waals surface area contributed by atoms with Crippen molar-refractivity contribution in [3.05, 3.63) is 0 Å². The minimum Gasteiger partial charge on any atom is -0.344 e. The third-order valence-electron chi connectivity index (χ3n) is 1.14. The van der Waals surface area contributed by atoms with Gasteiger partial charge in [-0.25, -0.2) is 0 Å². The highest BCUT2D eigenvalue weighted by Crippen LogP contribution is 1.83. The van der Waals surface area contributed by atoms with Crippen molar-refractivity contribution in [3.8, 4) is 12.3 Å². The van der Waals surface area contributed by atoms with Crippen LogP contribution < -0.4 is 11.1 Å². The fraction of sp³-hybridized carbons (Fsp3) is 0.571. The van der Waals surface area contributed by atoms with E-state index in [1.165, 1.54) is 0 Å². The van der Waals surface area contributed by atoms with Gasteiger partial charge in [0, 0.05) is 0 Å². The summed E-state index contributed by atoms with van der Waals surface area (Å²) in [5.41, 5.74) is 5.38. The molecule has 0 aromatic rings. The zero-order valence-corrected chi connectivity index (χ0v) is 6.05. The molecule has 10 heavy (non-hydrogen) atoms. The Morgan fingerprint density at radius 1 is 1.90 bits per heavy atom. The van der Waals surface area contributed by atoms with Crippen LogP contribution in [0.2, 0.25) is 0 Å². The molecule has 0 aromatic carbocycles. The number of hydrogen-bond acceptors (Lipinski definition) is 2. The molecule has 0 aliphatic heterocycles. The molecule has 1 unspecified atom stereocenters. The summed E-state index contributed by atoms with van der Waals surface area (Å²) in [7, 11) is 0. The summed E-state index contributed by atoms with van der Waals surface area (Å²) < 4.78 is 0. The van der Waals surface area contributed by atoms with Crippen molar-refractivity contribution >= 4 is 5.91 Å². The summed E-state index contributed by atoms with van der Waals surface area (Å²) in [6, 6.07) is -0.423. The van der Waals surface area contributed by atoms with E-state index in [1.54, 1.807) is 0 Å². The molecule has 3 nitrogen and oxygen atoms in total. The summed E-state index contributed by atoms with van der Waals surface area (Å²) in [6.45, 7) is 2.10. The molecule has 56 valence electrons. The lowest BCUT2D eigenvalue weighted by Gasteiger charge is -2.06. The Kier molecular flexibility index (Phi) is 4.34. The first-order valence-electron chi connectivity index (χ1n) is 3.19.